The largest absolute Gasteiger partial charge is 0.490 e. The van der Waals surface area contributed by atoms with Gasteiger partial charge < -0.3 is 14.6 Å². The number of benzene rings is 2. The van der Waals surface area contributed by atoms with Gasteiger partial charge in [-0.1, -0.05) is 11.6 Å². The Bertz CT molecular complexity index is 1170. The van der Waals surface area contributed by atoms with Gasteiger partial charge in [0.25, 0.3) is 0 Å². The van der Waals surface area contributed by atoms with Crippen molar-refractivity contribution < 1.29 is 45.0 Å². The molecule has 2 aromatic carbocycles. The number of rotatable bonds is 5. The fourth-order valence-corrected chi connectivity index (χ4v) is 7.29. The fraction of sp³-hybridized carbons (Fsp3) is 0.455. The van der Waals surface area contributed by atoms with Crippen molar-refractivity contribution in [3.05, 3.63) is 58.6 Å². The van der Waals surface area contributed by atoms with Crippen LogP contribution in [0, 0.1) is 17.6 Å². The van der Waals surface area contributed by atoms with E-state index in [1.165, 1.54) is 24.3 Å². The minimum Gasteiger partial charge on any atom is -0.490 e. The highest BCUT2D eigenvalue weighted by Gasteiger charge is 2.61. The van der Waals surface area contributed by atoms with Crippen molar-refractivity contribution in [2.75, 3.05) is 13.2 Å². The molecular formula is C22H20ClF5O5S. The average molecular weight is 527 g/mol. The highest BCUT2D eigenvalue weighted by atomic mass is 35.5. The summed E-state index contributed by atoms with van der Waals surface area (Å²) >= 11 is 5.88. The number of aliphatic hydroxyl groups is 1. The maximum absolute atomic E-state index is 15.2. The topological polar surface area (TPSA) is 72.8 Å². The van der Waals surface area contributed by atoms with Crippen molar-refractivity contribution in [2.45, 2.75) is 47.3 Å². The third-order valence-corrected chi connectivity index (χ3v) is 9.26. The Balaban J connectivity index is 1.86. The summed E-state index contributed by atoms with van der Waals surface area (Å²) in [6.07, 6.45) is -10.1. The Morgan fingerprint density at radius 1 is 1.12 bits per heavy atom. The highest BCUT2D eigenvalue weighted by Crippen LogP contribution is 2.56. The second-order valence-corrected chi connectivity index (χ2v) is 10.9. The van der Waals surface area contributed by atoms with Crippen LogP contribution in [0.4, 0.5) is 22.0 Å². The highest BCUT2D eigenvalue weighted by molar-refractivity contribution is 7.92. The van der Waals surface area contributed by atoms with E-state index in [1.54, 1.807) is 0 Å². The van der Waals surface area contributed by atoms with Crippen LogP contribution in [-0.2, 0) is 19.3 Å². The molecule has 0 aliphatic carbocycles. The second-order valence-electron chi connectivity index (χ2n) is 8.29. The molecule has 2 heterocycles. The molecular weight excluding hydrogens is 507 g/mol. The Labute approximate surface area is 197 Å². The van der Waals surface area contributed by atoms with Crippen molar-refractivity contribution in [3.63, 3.8) is 0 Å². The molecule has 2 aliphatic rings. The molecule has 0 spiro atoms. The smallest absolute Gasteiger partial charge is 0.414 e. The molecule has 1 fully saturated rings. The van der Waals surface area contributed by atoms with E-state index in [0.717, 1.165) is 12.1 Å². The van der Waals surface area contributed by atoms with Gasteiger partial charge in [-0.05, 0) is 55.7 Å². The number of fused-ring (bicyclic) bond motifs is 3. The molecule has 5 nitrogen and oxygen atoms in total. The molecule has 0 aromatic heterocycles. The van der Waals surface area contributed by atoms with E-state index in [9.17, 15) is 31.1 Å². The first-order valence-electron chi connectivity index (χ1n) is 10.4. The van der Waals surface area contributed by atoms with Crippen LogP contribution in [0.5, 0.6) is 5.75 Å². The van der Waals surface area contributed by atoms with Gasteiger partial charge in [0.05, 0.1) is 23.2 Å². The van der Waals surface area contributed by atoms with Crippen LogP contribution in [0.15, 0.2) is 41.3 Å². The minimum absolute atomic E-state index is 0.214. The molecule has 1 N–H and O–H groups in total. The van der Waals surface area contributed by atoms with E-state index in [4.69, 9.17) is 21.1 Å². The predicted molar refractivity (Wildman–Crippen MR) is 111 cm³/mol. The van der Waals surface area contributed by atoms with Crippen molar-refractivity contribution in [3.8, 4) is 5.75 Å². The first kappa shape index (κ1) is 25.2. The van der Waals surface area contributed by atoms with Gasteiger partial charge in [0.15, 0.2) is 21.4 Å². The Hall–Kier alpha value is -1.95. The van der Waals surface area contributed by atoms with Crippen LogP contribution >= 0.6 is 11.6 Å². The van der Waals surface area contributed by atoms with Gasteiger partial charge in [-0.25, -0.2) is 17.2 Å². The van der Waals surface area contributed by atoms with Crippen LogP contribution in [0.1, 0.15) is 24.8 Å². The van der Waals surface area contributed by atoms with E-state index in [-0.39, 0.29) is 29.4 Å². The van der Waals surface area contributed by atoms with Gasteiger partial charge in [0.1, 0.15) is 16.7 Å². The fourth-order valence-electron chi connectivity index (χ4n) is 4.82. The average Bonchev–Trinajstić information content (AvgIpc) is 2.78. The number of sulfone groups is 1. The second kappa shape index (κ2) is 8.92. The van der Waals surface area contributed by atoms with Crippen molar-refractivity contribution in [2.24, 2.45) is 5.92 Å². The van der Waals surface area contributed by atoms with Gasteiger partial charge >= 0.3 is 6.18 Å². The summed E-state index contributed by atoms with van der Waals surface area (Å²) in [5, 5.41) is 9.68. The molecule has 4 rings (SSSR count). The molecule has 2 aromatic rings. The van der Waals surface area contributed by atoms with Crippen molar-refractivity contribution in [1.29, 1.82) is 0 Å². The van der Waals surface area contributed by atoms with E-state index in [1.807, 2.05) is 0 Å². The van der Waals surface area contributed by atoms with E-state index in [2.05, 4.69) is 0 Å². The first-order chi connectivity index (χ1) is 15.9. The summed E-state index contributed by atoms with van der Waals surface area (Å²) in [6.45, 7) is -0.682. The molecule has 1 saturated heterocycles. The monoisotopic (exact) mass is 526 g/mol. The summed E-state index contributed by atoms with van der Waals surface area (Å²) in [4.78, 5) is -0.214. The summed E-state index contributed by atoms with van der Waals surface area (Å²) in [7, 11) is -4.46. The number of alkyl halides is 3. The molecule has 0 saturated carbocycles. The van der Waals surface area contributed by atoms with E-state index < -0.39 is 74.9 Å². The molecule has 4 atom stereocenters. The van der Waals surface area contributed by atoms with Crippen LogP contribution in [0.3, 0.4) is 0 Å². The summed E-state index contributed by atoms with van der Waals surface area (Å²) in [6, 6.07) is 6.73. The number of halogens is 6. The van der Waals surface area contributed by atoms with E-state index >= 15 is 4.39 Å². The maximum Gasteiger partial charge on any atom is 0.414 e. The molecule has 0 bridgehead atoms. The van der Waals surface area contributed by atoms with Gasteiger partial charge in [0.2, 0.25) is 0 Å². The van der Waals surface area contributed by atoms with Crippen LogP contribution in [0.2, 0.25) is 5.02 Å². The Morgan fingerprint density at radius 2 is 1.76 bits per heavy atom. The van der Waals surface area contributed by atoms with Crippen molar-refractivity contribution in [1.82, 2.24) is 0 Å². The predicted octanol–water partition coefficient (Wildman–Crippen LogP) is 4.79. The Morgan fingerprint density at radius 3 is 2.41 bits per heavy atom. The zero-order chi connectivity index (χ0) is 24.9. The quantitative estimate of drug-likeness (QED) is 0.567. The summed E-state index contributed by atoms with van der Waals surface area (Å²) < 4.78 is 105. The van der Waals surface area contributed by atoms with Crippen LogP contribution in [-0.4, -0.2) is 45.1 Å². The minimum atomic E-state index is -4.87. The molecule has 1 unspecified atom stereocenters. The van der Waals surface area contributed by atoms with Crippen molar-refractivity contribution >= 4 is 21.4 Å². The van der Waals surface area contributed by atoms with Crippen LogP contribution < -0.4 is 4.74 Å². The molecule has 0 amide bonds. The van der Waals surface area contributed by atoms with E-state index in [0.29, 0.717) is 0 Å². The third-order valence-electron chi connectivity index (χ3n) is 6.45. The number of aliphatic hydroxyl groups excluding tert-OH is 1. The van der Waals surface area contributed by atoms with Crippen LogP contribution in [0.25, 0.3) is 0 Å². The lowest BCUT2D eigenvalue weighted by molar-refractivity contribution is -0.208. The molecule has 186 valence electrons. The zero-order valence-electron chi connectivity index (χ0n) is 17.5. The Kier molecular flexibility index (Phi) is 6.60. The molecule has 12 heteroatoms. The van der Waals surface area contributed by atoms with Gasteiger partial charge in [0, 0.05) is 17.5 Å². The zero-order valence-corrected chi connectivity index (χ0v) is 19.1. The number of hydrogen-bond acceptors (Lipinski definition) is 5. The molecule has 2 aliphatic heterocycles. The number of hydrogen-bond donors (Lipinski definition) is 1. The van der Waals surface area contributed by atoms with Gasteiger partial charge in [-0.2, -0.15) is 13.2 Å². The summed E-state index contributed by atoms with van der Waals surface area (Å²) in [5.41, 5.74) is -0.511. The summed E-state index contributed by atoms with van der Waals surface area (Å²) in [5.74, 6) is -3.71. The normalized spacial score (nSPS) is 25.7. The SMILES string of the molecule is O=S(=O)(c1ccc(Cl)cc1)[C@@]12CCO[C@@H](CCC(O)C(F)(F)F)[C@@H]1COc1c(F)ccc(F)c12. The van der Waals surface area contributed by atoms with Gasteiger partial charge in [-0.3, -0.25) is 0 Å². The lowest BCUT2D eigenvalue weighted by atomic mass is 9.74. The molecule has 0 radical (unpaired) electrons. The standard InChI is InChI=1S/C22H20ClF5O5S/c23-12-1-3-13(4-2-12)34(30,31)21-9-10-32-17(7-8-18(29)22(26,27)28)14(21)11-33-20-16(25)6-5-15(24)19(20)21/h1-6,14,17-18,29H,7-11H2/t14-,17-,18?,21-/m0/s1. The third kappa shape index (κ3) is 4.06. The molecule has 34 heavy (non-hydrogen) atoms. The number of ether oxygens (including phenoxy) is 2. The maximum atomic E-state index is 15.2. The lowest BCUT2D eigenvalue weighted by Gasteiger charge is -2.50. The first-order valence-corrected chi connectivity index (χ1v) is 12.2. The lowest BCUT2D eigenvalue weighted by Crippen LogP contribution is -2.57. The van der Waals surface area contributed by atoms with Gasteiger partial charge in [-0.15, -0.1) is 0 Å².